The highest BCUT2D eigenvalue weighted by atomic mass is 32.1. The minimum absolute atomic E-state index is 0.270. The number of aryl methyl sites for hydroxylation is 2. The molecule has 2 aromatic heterocycles. The second-order valence-electron chi connectivity index (χ2n) is 5.00. The van der Waals surface area contributed by atoms with Crippen LogP contribution in [0.2, 0.25) is 0 Å². The summed E-state index contributed by atoms with van der Waals surface area (Å²) in [6.45, 7) is 8.96. The summed E-state index contributed by atoms with van der Waals surface area (Å²) in [6.07, 6.45) is 1.85. The van der Waals surface area contributed by atoms with Gasteiger partial charge in [0.25, 0.3) is 0 Å². The van der Waals surface area contributed by atoms with Gasteiger partial charge in [-0.1, -0.05) is 13.0 Å². The summed E-state index contributed by atoms with van der Waals surface area (Å²) in [6, 6.07) is 8.60. The van der Waals surface area contributed by atoms with Crippen molar-refractivity contribution in [2.75, 3.05) is 13.1 Å². The Kier molecular flexibility index (Phi) is 5.29. The molecule has 0 fully saturated rings. The first-order valence-electron chi connectivity index (χ1n) is 7.06. The van der Waals surface area contributed by atoms with Crippen molar-refractivity contribution in [2.45, 2.75) is 33.4 Å². The van der Waals surface area contributed by atoms with Crippen LogP contribution in [0.3, 0.4) is 0 Å². The van der Waals surface area contributed by atoms with Crippen molar-refractivity contribution in [1.82, 2.24) is 9.88 Å². The fraction of sp³-hybridized carbons (Fsp3) is 0.438. The minimum Gasteiger partial charge on any atom is -0.329 e. The molecule has 1 unspecified atom stereocenters. The maximum atomic E-state index is 6.06. The molecule has 0 saturated heterocycles. The molecular formula is C16H23N3S. The lowest BCUT2D eigenvalue weighted by Gasteiger charge is -2.29. The second kappa shape index (κ2) is 6.97. The lowest BCUT2D eigenvalue weighted by molar-refractivity contribution is 0.201. The first kappa shape index (κ1) is 15.2. The lowest BCUT2D eigenvalue weighted by Crippen LogP contribution is -2.33. The number of thiophene rings is 1. The monoisotopic (exact) mass is 289 g/mol. The molecule has 0 aromatic carbocycles. The molecule has 0 aliphatic carbocycles. The topological polar surface area (TPSA) is 42.2 Å². The van der Waals surface area contributed by atoms with E-state index >= 15 is 0 Å². The average molecular weight is 289 g/mol. The van der Waals surface area contributed by atoms with Crippen LogP contribution in [0.25, 0.3) is 0 Å². The van der Waals surface area contributed by atoms with Crippen LogP contribution in [0.1, 0.15) is 34.0 Å². The van der Waals surface area contributed by atoms with Crippen molar-refractivity contribution in [3.63, 3.8) is 0 Å². The molecular weight excluding hydrogens is 266 g/mol. The summed E-state index contributed by atoms with van der Waals surface area (Å²) in [5, 5.41) is 0. The van der Waals surface area contributed by atoms with Crippen molar-refractivity contribution in [2.24, 2.45) is 5.73 Å². The highest BCUT2D eigenvalue weighted by Crippen LogP contribution is 2.30. The molecule has 0 saturated carbocycles. The van der Waals surface area contributed by atoms with E-state index in [1.807, 2.05) is 29.7 Å². The molecule has 0 amide bonds. The van der Waals surface area contributed by atoms with Crippen molar-refractivity contribution in [1.29, 1.82) is 0 Å². The molecule has 1 atom stereocenters. The zero-order valence-electron chi connectivity index (χ0n) is 12.5. The number of pyridine rings is 1. The molecule has 2 heterocycles. The standard InChI is InChI=1S/C16H23N3S/c1-4-19(11-14-7-5-6-8-18-14)16(10-17)15-9-12(2)20-13(15)3/h5-9,16H,4,10-11,17H2,1-3H3. The van der Waals surface area contributed by atoms with Gasteiger partial charge in [0.15, 0.2) is 0 Å². The number of hydrogen-bond acceptors (Lipinski definition) is 4. The Morgan fingerprint density at radius 1 is 1.35 bits per heavy atom. The van der Waals surface area contributed by atoms with E-state index in [1.165, 1.54) is 15.3 Å². The Balaban J connectivity index is 2.22. The van der Waals surface area contributed by atoms with E-state index in [-0.39, 0.29) is 6.04 Å². The smallest absolute Gasteiger partial charge is 0.0544 e. The zero-order chi connectivity index (χ0) is 14.5. The molecule has 20 heavy (non-hydrogen) atoms. The van der Waals surface area contributed by atoms with E-state index in [4.69, 9.17) is 5.73 Å². The third-order valence-electron chi connectivity index (χ3n) is 3.60. The summed E-state index contributed by atoms with van der Waals surface area (Å²) in [7, 11) is 0. The molecule has 2 rings (SSSR count). The van der Waals surface area contributed by atoms with Crippen LogP contribution in [0.4, 0.5) is 0 Å². The first-order valence-corrected chi connectivity index (χ1v) is 7.88. The van der Waals surface area contributed by atoms with E-state index < -0.39 is 0 Å². The predicted molar refractivity (Wildman–Crippen MR) is 85.9 cm³/mol. The highest BCUT2D eigenvalue weighted by molar-refractivity contribution is 7.12. The maximum absolute atomic E-state index is 6.06. The largest absolute Gasteiger partial charge is 0.329 e. The fourth-order valence-corrected chi connectivity index (χ4v) is 3.58. The van der Waals surface area contributed by atoms with Gasteiger partial charge >= 0.3 is 0 Å². The van der Waals surface area contributed by atoms with Gasteiger partial charge in [0.1, 0.15) is 0 Å². The van der Waals surface area contributed by atoms with Crippen LogP contribution in [0.5, 0.6) is 0 Å². The SMILES string of the molecule is CCN(Cc1ccccn1)C(CN)c1cc(C)sc1C. The fourth-order valence-electron chi connectivity index (χ4n) is 2.60. The molecule has 3 nitrogen and oxygen atoms in total. The van der Waals surface area contributed by atoms with E-state index in [0.717, 1.165) is 18.8 Å². The third kappa shape index (κ3) is 3.45. The molecule has 0 aliphatic heterocycles. The first-order chi connectivity index (χ1) is 9.65. The Labute approximate surface area is 125 Å². The summed E-state index contributed by atoms with van der Waals surface area (Å²) >= 11 is 1.85. The Bertz CT molecular complexity index is 536. The van der Waals surface area contributed by atoms with Crippen molar-refractivity contribution in [3.8, 4) is 0 Å². The lowest BCUT2D eigenvalue weighted by atomic mass is 10.1. The van der Waals surface area contributed by atoms with Crippen LogP contribution in [-0.4, -0.2) is 23.0 Å². The van der Waals surface area contributed by atoms with E-state index in [0.29, 0.717) is 6.54 Å². The summed E-state index contributed by atoms with van der Waals surface area (Å²) in [5.41, 5.74) is 8.52. The van der Waals surface area contributed by atoms with Crippen LogP contribution in [0.15, 0.2) is 30.5 Å². The summed E-state index contributed by atoms with van der Waals surface area (Å²) < 4.78 is 0. The Morgan fingerprint density at radius 2 is 2.15 bits per heavy atom. The number of rotatable bonds is 6. The van der Waals surface area contributed by atoms with Crippen LogP contribution in [-0.2, 0) is 6.54 Å². The van der Waals surface area contributed by atoms with E-state index in [1.54, 1.807) is 0 Å². The molecule has 0 radical (unpaired) electrons. The van der Waals surface area contributed by atoms with E-state index in [2.05, 4.69) is 42.8 Å². The number of likely N-dealkylation sites (N-methyl/N-ethyl adjacent to an activating group) is 1. The van der Waals surface area contributed by atoms with Gasteiger partial charge < -0.3 is 5.73 Å². The average Bonchev–Trinajstić information content (AvgIpc) is 2.78. The number of hydrogen-bond donors (Lipinski definition) is 1. The second-order valence-corrected chi connectivity index (χ2v) is 6.46. The molecule has 2 aromatic rings. The van der Waals surface area contributed by atoms with Crippen molar-refractivity contribution in [3.05, 3.63) is 51.5 Å². The van der Waals surface area contributed by atoms with Gasteiger partial charge in [-0.05, 0) is 44.2 Å². The van der Waals surface area contributed by atoms with Gasteiger partial charge in [-0.2, -0.15) is 0 Å². The van der Waals surface area contributed by atoms with Crippen molar-refractivity contribution < 1.29 is 0 Å². The number of aromatic nitrogens is 1. The van der Waals surface area contributed by atoms with Gasteiger partial charge in [-0.3, -0.25) is 9.88 Å². The predicted octanol–water partition coefficient (Wildman–Crippen LogP) is 3.28. The summed E-state index contributed by atoms with van der Waals surface area (Å²) in [5.74, 6) is 0. The highest BCUT2D eigenvalue weighted by Gasteiger charge is 2.21. The van der Waals surface area contributed by atoms with Crippen LogP contribution >= 0.6 is 11.3 Å². The number of nitrogens with zero attached hydrogens (tertiary/aromatic N) is 2. The zero-order valence-corrected chi connectivity index (χ0v) is 13.3. The Hall–Kier alpha value is -1.23. The van der Waals surface area contributed by atoms with Gasteiger partial charge in [-0.25, -0.2) is 0 Å². The molecule has 0 spiro atoms. The van der Waals surface area contributed by atoms with Gasteiger partial charge in [0, 0.05) is 35.1 Å². The summed E-state index contributed by atoms with van der Waals surface area (Å²) in [4.78, 5) is 9.55. The molecule has 4 heteroatoms. The normalized spacial score (nSPS) is 12.8. The molecule has 0 bridgehead atoms. The molecule has 108 valence electrons. The Morgan fingerprint density at radius 3 is 2.65 bits per heavy atom. The van der Waals surface area contributed by atoms with Gasteiger partial charge in [0.2, 0.25) is 0 Å². The van der Waals surface area contributed by atoms with Crippen LogP contribution in [0, 0.1) is 13.8 Å². The van der Waals surface area contributed by atoms with Gasteiger partial charge in [-0.15, -0.1) is 11.3 Å². The molecule has 0 aliphatic rings. The quantitative estimate of drug-likeness (QED) is 0.887. The van der Waals surface area contributed by atoms with Gasteiger partial charge in [0.05, 0.1) is 5.69 Å². The maximum Gasteiger partial charge on any atom is 0.0544 e. The van der Waals surface area contributed by atoms with Crippen molar-refractivity contribution >= 4 is 11.3 Å². The van der Waals surface area contributed by atoms with Crippen LogP contribution < -0.4 is 5.73 Å². The van der Waals surface area contributed by atoms with E-state index in [9.17, 15) is 0 Å². The third-order valence-corrected chi connectivity index (χ3v) is 4.58. The minimum atomic E-state index is 0.270. The molecule has 2 N–H and O–H groups in total. The number of nitrogens with two attached hydrogens (primary N) is 1.